The van der Waals surface area contributed by atoms with E-state index in [1.165, 1.54) is 12.1 Å². The zero-order valence-electron chi connectivity index (χ0n) is 15.0. The lowest BCUT2D eigenvalue weighted by Gasteiger charge is -2.08. The van der Waals surface area contributed by atoms with E-state index in [9.17, 15) is 9.18 Å². The van der Waals surface area contributed by atoms with Gasteiger partial charge in [-0.05, 0) is 24.3 Å². The number of benzene rings is 1. The molecular weight excluding hydrogens is 355 g/mol. The first kappa shape index (κ1) is 18.7. The van der Waals surface area contributed by atoms with Gasteiger partial charge >= 0.3 is 0 Å². The van der Waals surface area contributed by atoms with Crippen LogP contribution in [0.5, 0.6) is 5.88 Å². The van der Waals surface area contributed by atoms with Crippen molar-refractivity contribution in [3.8, 4) is 17.1 Å². The van der Waals surface area contributed by atoms with E-state index in [1.54, 1.807) is 19.2 Å². The highest BCUT2D eigenvalue weighted by molar-refractivity contribution is 5.93. The zero-order valence-corrected chi connectivity index (χ0v) is 15.0. The van der Waals surface area contributed by atoms with Crippen molar-refractivity contribution in [2.75, 3.05) is 26.9 Å². The average molecular weight is 374 g/mol. The Morgan fingerprint density at radius 2 is 2.04 bits per heavy atom. The van der Waals surface area contributed by atoms with Crippen LogP contribution in [0.15, 0.2) is 28.8 Å². The van der Waals surface area contributed by atoms with Crippen LogP contribution in [0.1, 0.15) is 12.7 Å². The third kappa shape index (κ3) is 4.37. The van der Waals surface area contributed by atoms with E-state index in [2.05, 4.69) is 20.4 Å². The Kier molecular flexibility index (Phi) is 5.92. The molecule has 0 spiro atoms. The Morgan fingerprint density at radius 3 is 2.74 bits per heavy atom. The lowest BCUT2D eigenvalue weighted by Crippen LogP contribution is -2.31. The fraction of sp³-hybridized carbons (Fsp3) is 0.333. The molecule has 0 saturated heterocycles. The van der Waals surface area contributed by atoms with E-state index >= 15 is 0 Å². The molecule has 2 heterocycles. The molecule has 0 saturated carbocycles. The molecule has 2 aromatic heterocycles. The second kappa shape index (κ2) is 8.54. The molecule has 3 rings (SSSR count). The highest BCUT2D eigenvalue weighted by Gasteiger charge is 2.20. The van der Waals surface area contributed by atoms with Crippen molar-refractivity contribution in [2.24, 2.45) is 0 Å². The molecular formula is C18H19FN4O4. The number of amides is 1. The molecule has 9 heteroatoms. The molecule has 1 N–H and O–H groups in total. The molecule has 27 heavy (non-hydrogen) atoms. The molecule has 0 fully saturated rings. The highest BCUT2D eigenvalue weighted by Crippen LogP contribution is 2.33. The van der Waals surface area contributed by atoms with Crippen molar-refractivity contribution in [3.63, 3.8) is 0 Å². The number of nitrogens with one attached hydrogen (secondary N) is 1. The van der Waals surface area contributed by atoms with Gasteiger partial charge in [0.05, 0.1) is 6.61 Å². The van der Waals surface area contributed by atoms with Crippen LogP contribution in [0.4, 0.5) is 4.39 Å². The first-order chi connectivity index (χ1) is 13.1. The molecule has 0 bridgehead atoms. The second-order valence-corrected chi connectivity index (χ2v) is 5.65. The summed E-state index contributed by atoms with van der Waals surface area (Å²) in [6, 6.07) is 5.78. The fourth-order valence-electron chi connectivity index (χ4n) is 2.41. The number of aryl methyl sites for hydroxylation is 1. The van der Waals surface area contributed by atoms with Crippen molar-refractivity contribution in [1.29, 1.82) is 0 Å². The minimum absolute atomic E-state index is 0.194. The van der Waals surface area contributed by atoms with Gasteiger partial charge in [-0.3, -0.25) is 4.79 Å². The number of aromatic nitrogens is 3. The predicted molar refractivity (Wildman–Crippen MR) is 94.8 cm³/mol. The average Bonchev–Trinajstić information content (AvgIpc) is 3.11. The number of methoxy groups -OCH3 is 1. The Labute approximate surface area is 154 Å². The summed E-state index contributed by atoms with van der Waals surface area (Å²) in [6.07, 6.45) is 0.554. The lowest BCUT2D eigenvalue weighted by atomic mass is 10.1. The van der Waals surface area contributed by atoms with Gasteiger partial charge in [0.15, 0.2) is 6.61 Å². The molecule has 1 aromatic carbocycles. The van der Waals surface area contributed by atoms with Gasteiger partial charge in [0.1, 0.15) is 22.7 Å². The molecule has 3 aromatic rings. The molecule has 0 unspecified atom stereocenters. The summed E-state index contributed by atoms with van der Waals surface area (Å²) in [5, 5.41) is 7.12. The number of hydrogen-bond acceptors (Lipinski definition) is 7. The van der Waals surface area contributed by atoms with Crippen molar-refractivity contribution < 1.29 is 23.2 Å². The third-order valence-corrected chi connectivity index (χ3v) is 3.75. The van der Waals surface area contributed by atoms with Gasteiger partial charge < -0.3 is 19.3 Å². The van der Waals surface area contributed by atoms with Crippen molar-refractivity contribution >= 4 is 17.0 Å². The molecule has 1 amide bonds. The molecule has 8 nitrogen and oxygen atoms in total. The Hall–Kier alpha value is -3.07. The SMILES string of the molecule is CCc1nc(OCC(=O)NCCOC)c2c(-c3ccc(F)cc3)noc2n1. The summed E-state index contributed by atoms with van der Waals surface area (Å²) < 4.78 is 29.0. The normalized spacial score (nSPS) is 10.9. The van der Waals surface area contributed by atoms with Gasteiger partial charge in [0.25, 0.3) is 11.6 Å². The van der Waals surface area contributed by atoms with Crippen molar-refractivity contribution in [3.05, 3.63) is 35.9 Å². The van der Waals surface area contributed by atoms with Gasteiger partial charge in [0.2, 0.25) is 5.88 Å². The minimum atomic E-state index is -0.361. The third-order valence-electron chi connectivity index (χ3n) is 3.75. The van der Waals surface area contributed by atoms with Crippen LogP contribution in [-0.2, 0) is 16.0 Å². The van der Waals surface area contributed by atoms with Gasteiger partial charge in [0, 0.05) is 25.6 Å². The maximum Gasteiger partial charge on any atom is 0.265 e. The summed E-state index contributed by atoms with van der Waals surface area (Å²) in [5.74, 6) is 0.0235. The monoisotopic (exact) mass is 374 g/mol. The molecule has 0 aliphatic rings. The number of rotatable bonds is 8. The number of ether oxygens (including phenoxy) is 2. The molecule has 0 atom stereocenters. The van der Waals surface area contributed by atoms with Gasteiger partial charge in [-0.1, -0.05) is 12.1 Å². The topological polar surface area (TPSA) is 99.4 Å². The highest BCUT2D eigenvalue weighted by atomic mass is 19.1. The first-order valence-electron chi connectivity index (χ1n) is 8.43. The van der Waals surface area contributed by atoms with Crippen LogP contribution < -0.4 is 10.1 Å². The van der Waals surface area contributed by atoms with E-state index in [0.29, 0.717) is 42.0 Å². The van der Waals surface area contributed by atoms with Crippen LogP contribution >= 0.6 is 0 Å². The largest absolute Gasteiger partial charge is 0.467 e. The maximum atomic E-state index is 13.2. The van der Waals surface area contributed by atoms with Crippen LogP contribution in [0.2, 0.25) is 0 Å². The van der Waals surface area contributed by atoms with Crippen LogP contribution in [0, 0.1) is 5.82 Å². The summed E-state index contributed by atoms with van der Waals surface area (Å²) >= 11 is 0. The van der Waals surface area contributed by atoms with E-state index < -0.39 is 0 Å². The smallest absolute Gasteiger partial charge is 0.265 e. The Bertz CT molecular complexity index is 927. The predicted octanol–water partition coefficient (Wildman–Crippen LogP) is 2.13. The van der Waals surface area contributed by atoms with E-state index in [4.69, 9.17) is 14.0 Å². The zero-order chi connectivity index (χ0) is 19.2. The number of hydrogen-bond donors (Lipinski definition) is 1. The fourth-order valence-corrected chi connectivity index (χ4v) is 2.41. The minimum Gasteiger partial charge on any atom is -0.467 e. The number of fused-ring (bicyclic) bond motifs is 1. The molecule has 142 valence electrons. The number of halogens is 1. The molecule has 0 aliphatic heterocycles. The van der Waals surface area contributed by atoms with Gasteiger partial charge in [-0.15, -0.1) is 0 Å². The summed E-state index contributed by atoms with van der Waals surface area (Å²) in [4.78, 5) is 20.5. The first-order valence-corrected chi connectivity index (χ1v) is 8.43. The molecule has 0 aliphatic carbocycles. The summed E-state index contributed by atoms with van der Waals surface area (Å²) in [5.41, 5.74) is 1.29. The summed E-state index contributed by atoms with van der Waals surface area (Å²) in [7, 11) is 1.55. The quantitative estimate of drug-likeness (QED) is 0.603. The number of nitrogens with zero attached hydrogens (tertiary/aromatic N) is 3. The van der Waals surface area contributed by atoms with E-state index in [1.807, 2.05) is 6.92 Å². The van der Waals surface area contributed by atoms with Crippen LogP contribution in [0.3, 0.4) is 0 Å². The van der Waals surface area contributed by atoms with E-state index in [0.717, 1.165) is 0 Å². The number of carbonyl (C=O) groups is 1. The van der Waals surface area contributed by atoms with Gasteiger partial charge in [-0.25, -0.2) is 4.39 Å². The van der Waals surface area contributed by atoms with Crippen LogP contribution in [0.25, 0.3) is 22.4 Å². The standard InChI is InChI=1S/C18H19FN4O4/c1-3-13-21-17(26-10-14(24)20-8-9-25-2)15-16(23-27-18(15)22-13)11-4-6-12(19)7-5-11/h4-7H,3,8-10H2,1-2H3,(H,20,24). The Balaban J connectivity index is 1.91. The number of carbonyl (C=O) groups excluding carboxylic acids is 1. The maximum absolute atomic E-state index is 13.2. The van der Waals surface area contributed by atoms with Crippen LogP contribution in [-0.4, -0.2) is 47.9 Å². The van der Waals surface area contributed by atoms with E-state index in [-0.39, 0.29) is 29.9 Å². The van der Waals surface area contributed by atoms with Crippen molar-refractivity contribution in [1.82, 2.24) is 20.4 Å². The van der Waals surface area contributed by atoms with Crippen molar-refractivity contribution in [2.45, 2.75) is 13.3 Å². The van der Waals surface area contributed by atoms with Gasteiger partial charge in [-0.2, -0.15) is 9.97 Å². The Morgan fingerprint density at radius 1 is 1.26 bits per heavy atom. The second-order valence-electron chi connectivity index (χ2n) is 5.65. The molecule has 0 radical (unpaired) electrons. The lowest BCUT2D eigenvalue weighted by molar-refractivity contribution is -0.123. The summed E-state index contributed by atoms with van der Waals surface area (Å²) in [6.45, 7) is 2.45.